The molecular formula is C32H32N2. The van der Waals surface area contributed by atoms with Crippen LogP contribution in [0.4, 0.5) is 11.4 Å². The summed E-state index contributed by atoms with van der Waals surface area (Å²) in [5.41, 5.74) is 13.3. The fourth-order valence-electron chi connectivity index (χ4n) is 4.39. The smallest absolute Gasteiger partial charge is 0.0741 e. The lowest BCUT2D eigenvalue weighted by Gasteiger charge is -2.14. The lowest BCUT2D eigenvalue weighted by atomic mass is 9.97. The van der Waals surface area contributed by atoms with Crippen molar-refractivity contribution in [2.24, 2.45) is 9.98 Å². The molecule has 0 saturated heterocycles. The first-order valence-electron chi connectivity index (χ1n) is 11.8. The molecule has 0 radical (unpaired) electrons. The van der Waals surface area contributed by atoms with Gasteiger partial charge in [-0.15, -0.1) is 0 Å². The Kier molecular flexibility index (Phi) is 6.88. The number of benzene rings is 4. The third-order valence-corrected chi connectivity index (χ3v) is 6.14. The van der Waals surface area contributed by atoms with Crippen molar-refractivity contribution in [1.82, 2.24) is 0 Å². The minimum absolute atomic E-state index is 0.920. The van der Waals surface area contributed by atoms with E-state index in [1.807, 2.05) is 12.1 Å². The molecule has 0 saturated carbocycles. The Labute approximate surface area is 203 Å². The summed E-state index contributed by atoms with van der Waals surface area (Å²) in [6.45, 7) is 12.7. The highest BCUT2D eigenvalue weighted by molar-refractivity contribution is 6.41. The minimum Gasteiger partial charge on any atom is -0.251 e. The average Bonchev–Trinajstić information content (AvgIpc) is 2.83. The van der Waals surface area contributed by atoms with E-state index in [9.17, 15) is 0 Å². The Balaban J connectivity index is 1.82. The van der Waals surface area contributed by atoms with Gasteiger partial charge in [-0.3, -0.25) is 9.98 Å². The van der Waals surface area contributed by atoms with Gasteiger partial charge in [0.25, 0.3) is 0 Å². The summed E-state index contributed by atoms with van der Waals surface area (Å²) in [7, 11) is 0. The fourth-order valence-corrected chi connectivity index (χ4v) is 4.39. The molecule has 4 rings (SSSR count). The summed E-state index contributed by atoms with van der Waals surface area (Å²) in [5.74, 6) is 0. The van der Waals surface area contributed by atoms with Crippen molar-refractivity contribution in [1.29, 1.82) is 0 Å². The standard InChI is InChI=1S/C32H32N2/c1-21-17-23(3)31(29(19-21)27-13-9-7-10-14-27)33-25(5)26(6)34-32-24(4)18-22(2)20-30(32)28-15-11-8-12-16-28/h7-20H,1-6H3. The topological polar surface area (TPSA) is 24.7 Å². The molecule has 0 atom stereocenters. The number of hydrogen-bond donors (Lipinski definition) is 0. The van der Waals surface area contributed by atoms with Crippen molar-refractivity contribution in [3.63, 3.8) is 0 Å². The number of nitrogens with zero attached hydrogens (tertiary/aromatic N) is 2. The zero-order chi connectivity index (χ0) is 24.2. The van der Waals surface area contributed by atoms with Crippen molar-refractivity contribution < 1.29 is 0 Å². The van der Waals surface area contributed by atoms with E-state index in [0.29, 0.717) is 0 Å². The van der Waals surface area contributed by atoms with Crippen LogP contribution < -0.4 is 0 Å². The summed E-state index contributed by atoms with van der Waals surface area (Å²) in [6.07, 6.45) is 0. The van der Waals surface area contributed by atoms with E-state index in [1.165, 1.54) is 33.4 Å². The maximum atomic E-state index is 5.11. The lowest BCUT2D eigenvalue weighted by Crippen LogP contribution is -2.05. The van der Waals surface area contributed by atoms with Gasteiger partial charge in [0.1, 0.15) is 0 Å². The van der Waals surface area contributed by atoms with E-state index in [1.54, 1.807) is 0 Å². The first-order valence-corrected chi connectivity index (χ1v) is 11.8. The van der Waals surface area contributed by atoms with Crippen LogP contribution in [0.2, 0.25) is 0 Å². The Bertz CT molecular complexity index is 1270. The number of rotatable bonds is 5. The molecule has 34 heavy (non-hydrogen) atoms. The van der Waals surface area contributed by atoms with Crippen molar-refractivity contribution in [3.05, 3.63) is 107 Å². The Hall–Kier alpha value is -3.78. The molecule has 0 fully saturated rings. The van der Waals surface area contributed by atoms with Gasteiger partial charge in [0.2, 0.25) is 0 Å². The molecule has 0 aliphatic carbocycles. The fraction of sp³-hybridized carbons (Fsp3) is 0.188. The SMILES string of the molecule is CC(=Nc1c(C)cc(C)cc1-c1ccccc1)C(C)=Nc1c(C)cc(C)cc1-c1ccccc1. The molecule has 0 amide bonds. The van der Waals surface area contributed by atoms with Crippen molar-refractivity contribution in [2.75, 3.05) is 0 Å². The second-order valence-electron chi connectivity index (χ2n) is 9.08. The lowest BCUT2D eigenvalue weighted by molar-refractivity contribution is 1.33. The summed E-state index contributed by atoms with van der Waals surface area (Å²) in [6, 6.07) is 29.8. The number of hydrogen-bond acceptors (Lipinski definition) is 2. The summed E-state index contributed by atoms with van der Waals surface area (Å²) >= 11 is 0. The zero-order valence-corrected chi connectivity index (χ0v) is 21.0. The van der Waals surface area contributed by atoms with Gasteiger partial charge >= 0.3 is 0 Å². The predicted octanol–water partition coefficient (Wildman–Crippen LogP) is 9.14. The van der Waals surface area contributed by atoms with Gasteiger partial charge in [-0.2, -0.15) is 0 Å². The van der Waals surface area contributed by atoms with Crippen molar-refractivity contribution in [3.8, 4) is 22.3 Å². The first-order chi connectivity index (χ1) is 16.3. The molecule has 2 heteroatoms. The van der Waals surface area contributed by atoms with E-state index in [-0.39, 0.29) is 0 Å². The van der Waals surface area contributed by atoms with Crippen LogP contribution in [-0.2, 0) is 0 Å². The minimum atomic E-state index is 0.920. The molecule has 0 unspecified atom stereocenters. The highest BCUT2D eigenvalue weighted by atomic mass is 14.8. The Morgan fingerprint density at radius 3 is 1.21 bits per heavy atom. The molecule has 0 aliphatic rings. The van der Waals surface area contributed by atoms with Gasteiger partial charge in [0, 0.05) is 11.1 Å². The van der Waals surface area contributed by atoms with Gasteiger partial charge in [0.15, 0.2) is 0 Å². The molecule has 4 aromatic carbocycles. The highest BCUT2D eigenvalue weighted by Crippen LogP contribution is 2.36. The van der Waals surface area contributed by atoms with E-state index in [2.05, 4.69) is 114 Å². The molecule has 0 bridgehead atoms. The normalized spacial score (nSPS) is 12.2. The van der Waals surface area contributed by atoms with Crippen LogP contribution >= 0.6 is 0 Å². The van der Waals surface area contributed by atoms with E-state index in [0.717, 1.165) is 33.9 Å². The Morgan fingerprint density at radius 1 is 0.500 bits per heavy atom. The molecule has 4 aromatic rings. The highest BCUT2D eigenvalue weighted by Gasteiger charge is 2.12. The summed E-state index contributed by atoms with van der Waals surface area (Å²) in [4.78, 5) is 10.2. The second-order valence-corrected chi connectivity index (χ2v) is 9.08. The van der Waals surface area contributed by atoms with Crippen LogP contribution in [0.15, 0.2) is 94.9 Å². The third-order valence-electron chi connectivity index (χ3n) is 6.14. The van der Waals surface area contributed by atoms with Crippen molar-refractivity contribution in [2.45, 2.75) is 41.5 Å². The van der Waals surface area contributed by atoms with E-state index >= 15 is 0 Å². The molecule has 0 N–H and O–H groups in total. The van der Waals surface area contributed by atoms with Crippen LogP contribution in [0.3, 0.4) is 0 Å². The molecule has 2 nitrogen and oxygen atoms in total. The zero-order valence-electron chi connectivity index (χ0n) is 21.0. The molecule has 0 heterocycles. The first kappa shape index (κ1) is 23.4. The molecule has 0 aromatic heterocycles. The van der Waals surface area contributed by atoms with E-state index in [4.69, 9.17) is 9.98 Å². The average molecular weight is 445 g/mol. The number of aryl methyl sites for hydroxylation is 4. The molecule has 170 valence electrons. The number of aliphatic imine (C=N–C) groups is 2. The maximum absolute atomic E-state index is 5.11. The van der Waals surface area contributed by atoms with Crippen molar-refractivity contribution >= 4 is 22.8 Å². The monoisotopic (exact) mass is 444 g/mol. The quantitative estimate of drug-likeness (QED) is 0.274. The summed E-state index contributed by atoms with van der Waals surface area (Å²) < 4.78 is 0. The largest absolute Gasteiger partial charge is 0.251 e. The van der Waals surface area contributed by atoms with Gasteiger partial charge in [0.05, 0.1) is 22.8 Å². The molecular weight excluding hydrogens is 412 g/mol. The van der Waals surface area contributed by atoms with Gasteiger partial charge in [-0.1, -0.05) is 83.9 Å². The second kappa shape index (κ2) is 10.0. The maximum Gasteiger partial charge on any atom is 0.0741 e. The van der Waals surface area contributed by atoms with E-state index < -0.39 is 0 Å². The van der Waals surface area contributed by atoms with Crippen LogP contribution in [0.25, 0.3) is 22.3 Å². The van der Waals surface area contributed by atoms with Crippen LogP contribution in [-0.4, -0.2) is 11.4 Å². The van der Waals surface area contributed by atoms with Gasteiger partial charge in [-0.25, -0.2) is 0 Å². The Morgan fingerprint density at radius 2 is 0.853 bits per heavy atom. The third kappa shape index (κ3) is 5.07. The molecule has 0 spiro atoms. The van der Waals surface area contributed by atoms with Gasteiger partial charge < -0.3 is 0 Å². The van der Waals surface area contributed by atoms with Crippen LogP contribution in [0.5, 0.6) is 0 Å². The van der Waals surface area contributed by atoms with Crippen LogP contribution in [0, 0.1) is 27.7 Å². The van der Waals surface area contributed by atoms with Crippen LogP contribution in [0.1, 0.15) is 36.1 Å². The predicted molar refractivity (Wildman–Crippen MR) is 148 cm³/mol. The van der Waals surface area contributed by atoms with Gasteiger partial charge in [-0.05, 0) is 75.9 Å². The summed E-state index contributed by atoms with van der Waals surface area (Å²) in [5, 5.41) is 0. The molecule has 0 aliphatic heterocycles.